The summed E-state index contributed by atoms with van der Waals surface area (Å²) in [5, 5.41) is 12.8. The van der Waals surface area contributed by atoms with Crippen LogP contribution in [0.15, 0.2) is 24.3 Å². The van der Waals surface area contributed by atoms with Crippen molar-refractivity contribution in [1.82, 2.24) is 5.32 Å². The minimum atomic E-state index is -0.310. The highest BCUT2D eigenvalue weighted by Gasteiger charge is 2.09. The molecule has 0 aliphatic rings. The van der Waals surface area contributed by atoms with Gasteiger partial charge in [0.05, 0.1) is 6.07 Å². The lowest BCUT2D eigenvalue weighted by atomic mass is 10.1. The van der Waals surface area contributed by atoms with Crippen LogP contribution in [0.5, 0.6) is 0 Å². The van der Waals surface area contributed by atoms with Crippen molar-refractivity contribution in [3.8, 4) is 6.07 Å². The second-order valence-electron chi connectivity index (χ2n) is 3.42. The Morgan fingerprint density at radius 1 is 1.56 bits per heavy atom. The van der Waals surface area contributed by atoms with Gasteiger partial charge in [0.25, 0.3) is 0 Å². The van der Waals surface area contributed by atoms with Crippen LogP contribution in [0.1, 0.15) is 18.0 Å². The quantitative estimate of drug-likeness (QED) is 0.775. The maximum atomic E-state index is 9.04. The maximum absolute atomic E-state index is 9.04. The number of nitrogens with zero attached hydrogens (tertiary/aromatic N) is 1. The van der Waals surface area contributed by atoms with Gasteiger partial charge in [-0.1, -0.05) is 23.7 Å². The van der Waals surface area contributed by atoms with Crippen LogP contribution in [-0.2, 0) is 4.74 Å². The molecule has 4 heteroatoms. The SMILES string of the molecule is COCCCNC(C#N)c1cccc(Cl)c1. The molecule has 0 heterocycles. The second-order valence-corrected chi connectivity index (χ2v) is 3.85. The van der Waals surface area contributed by atoms with Crippen molar-refractivity contribution >= 4 is 11.6 Å². The molecule has 86 valence electrons. The fraction of sp³-hybridized carbons (Fsp3) is 0.417. The van der Waals surface area contributed by atoms with Crippen molar-refractivity contribution in [2.45, 2.75) is 12.5 Å². The van der Waals surface area contributed by atoms with E-state index in [0.717, 1.165) is 18.5 Å². The van der Waals surface area contributed by atoms with Crippen LogP contribution in [0.25, 0.3) is 0 Å². The summed E-state index contributed by atoms with van der Waals surface area (Å²) in [6.45, 7) is 1.44. The normalized spacial score (nSPS) is 12.1. The van der Waals surface area contributed by atoms with E-state index in [-0.39, 0.29) is 6.04 Å². The molecule has 1 aromatic rings. The van der Waals surface area contributed by atoms with Crippen LogP contribution in [-0.4, -0.2) is 20.3 Å². The third-order valence-electron chi connectivity index (χ3n) is 2.18. The van der Waals surface area contributed by atoms with E-state index in [0.29, 0.717) is 11.6 Å². The number of nitrogens with one attached hydrogen (secondary N) is 1. The van der Waals surface area contributed by atoms with Crippen LogP contribution in [0.3, 0.4) is 0 Å². The number of rotatable bonds is 6. The van der Waals surface area contributed by atoms with Gasteiger partial charge in [-0.2, -0.15) is 5.26 Å². The Kier molecular flexibility index (Phi) is 5.87. The monoisotopic (exact) mass is 238 g/mol. The molecule has 0 spiro atoms. The molecular weight excluding hydrogens is 224 g/mol. The fourth-order valence-electron chi connectivity index (χ4n) is 1.39. The smallest absolute Gasteiger partial charge is 0.121 e. The lowest BCUT2D eigenvalue weighted by molar-refractivity contribution is 0.194. The minimum Gasteiger partial charge on any atom is -0.385 e. The van der Waals surface area contributed by atoms with E-state index in [1.165, 1.54) is 0 Å². The van der Waals surface area contributed by atoms with Gasteiger partial charge >= 0.3 is 0 Å². The summed E-state index contributed by atoms with van der Waals surface area (Å²) in [7, 11) is 1.67. The topological polar surface area (TPSA) is 45.0 Å². The van der Waals surface area contributed by atoms with Crippen molar-refractivity contribution in [3.63, 3.8) is 0 Å². The molecule has 0 saturated carbocycles. The summed E-state index contributed by atoms with van der Waals surface area (Å²) in [6, 6.07) is 9.24. The average Bonchev–Trinajstić information content (AvgIpc) is 2.29. The van der Waals surface area contributed by atoms with E-state index in [4.69, 9.17) is 21.6 Å². The highest BCUT2D eigenvalue weighted by molar-refractivity contribution is 6.30. The fourth-order valence-corrected chi connectivity index (χ4v) is 1.59. The van der Waals surface area contributed by atoms with Crippen molar-refractivity contribution in [3.05, 3.63) is 34.9 Å². The first-order valence-corrected chi connectivity index (χ1v) is 5.53. The Hall–Kier alpha value is -1.08. The standard InChI is InChI=1S/C12H15ClN2O/c1-16-7-3-6-15-12(9-14)10-4-2-5-11(13)8-10/h2,4-5,8,12,15H,3,6-7H2,1H3. The summed E-state index contributed by atoms with van der Waals surface area (Å²) < 4.78 is 4.94. The molecule has 1 rings (SSSR count). The Bertz CT molecular complexity index is 362. The number of methoxy groups -OCH3 is 1. The van der Waals surface area contributed by atoms with Gasteiger partial charge in [-0.05, 0) is 30.7 Å². The number of ether oxygens (including phenoxy) is 1. The van der Waals surface area contributed by atoms with Gasteiger partial charge in [-0.3, -0.25) is 5.32 Å². The molecule has 0 bridgehead atoms. The third-order valence-corrected chi connectivity index (χ3v) is 2.42. The zero-order valence-corrected chi connectivity index (χ0v) is 10.00. The molecule has 0 saturated heterocycles. The number of halogens is 1. The zero-order valence-electron chi connectivity index (χ0n) is 9.24. The molecule has 3 nitrogen and oxygen atoms in total. The molecule has 0 fully saturated rings. The van der Waals surface area contributed by atoms with Crippen LogP contribution < -0.4 is 5.32 Å². The van der Waals surface area contributed by atoms with Gasteiger partial charge in [-0.25, -0.2) is 0 Å². The lowest BCUT2D eigenvalue weighted by Crippen LogP contribution is -2.22. The van der Waals surface area contributed by atoms with Gasteiger partial charge in [0.1, 0.15) is 6.04 Å². The molecule has 0 radical (unpaired) electrons. The van der Waals surface area contributed by atoms with Gasteiger partial charge in [0.2, 0.25) is 0 Å². The minimum absolute atomic E-state index is 0.310. The molecule has 1 N–H and O–H groups in total. The summed E-state index contributed by atoms with van der Waals surface area (Å²) >= 11 is 5.87. The van der Waals surface area contributed by atoms with Gasteiger partial charge < -0.3 is 4.74 Å². The van der Waals surface area contributed by atoms with E-state index < -0.39 is 0 Å². The summed E-state index contributed by atoms with van der Waals surface area (Å²) in [4.78, 5) is 0. The van der Waals surface area contributed by atoms with E-state index in [1.54, 1.807) is 19.2 Å². The lowest BCUT2D eigenvalue weighted by Gasteiger charge is -2.11. The molecule has 0 amide bonds. The molecule has 0 aliphatic carbocycles. The Labute approximate surface area is 101 Å². The largest absolute Gasteiger partial charge is 0.385 e. The maximum Gasteiger partial charge on any atom is 0.121 e. The summed E-state index contributed by atoms with van der Waals surface area (Å²) in [5.74, 6) is 0. The van der Waals surface area contributed by atoms with E-state index in [2.05, 4.69) is 11.4 Å². The molecule has 1 atom stereocenters. The Balaban J connectivity index is 2.51. The first kappa shape index (κ1) is 13.0. The van der Waals surface area contributed by atoms with Gasteiger partial charge in [0.15, 0.2) is 0 Å². The first-order chi connectivity index (χ1) is 7.77. The highest BCUT2D eigenvalue weighted by atomic mass is 35.5. The van der Waals surface area contributed by atoms with Gasteiger partial charge in [0, 0.05) is 18.7 Å². The molecule has 16 heavy (non-hydrogen) atoms. The number of hydrogen-bond acceptors (Lipinski definition) is 3. The van der Waals surface area contributed by atoms with Crippen LogP contribution in [0.2, 0.25) is 5.02 Å². The Morgan fingerprint density at radius 3 is 3.00 bits per heavy atom. The molecule has 1 unspecified atom stereocenters. The van der Waals surface area contributed by atoms with Crippen molar-refractivity contribution in [1.29, 1.82) is 5.26 Å². The molecule has 0 aromatic heterocycles. The van der Waals surface area contributed by atoms with Crippen molar-refractivity contribution < 1.29 is 4.74 Å². The Morgan fingerprint density at radius 2 is 2.38 bits per heavy atom. The molecular formula is C12H15ClN2O. The van der Waals surface area contributed by atoms with Crippen LogP contribution in [0.4, 0.5) is 0 Å². The highest BCUT2D eigenvalue weighted by Crippen LogP contribution is 2.17. The number of hydrogen-bond donors (Lipinski definition) is 1. The number of nitriles is 1. The third kappa shape index (κ3) is 4.19. The first-order valence-electron chi connectivity index (χ1n) is 5.15. The second kappa shape index (κ2) is 7.24. The van der Waals surface area contributed by atoms with E-state index >= 15 is 0 Å². The molecule has 0 aliphatic heterocycles. The average molecular weight is 239 g/mol. The molecule has 1 aromatic carbocycles. The van der Waals surface area contributed by atoms with Crippen LogP contribution in [0, 0.1) is 11.3 Å². The summed E-state index contributed by atoms with van der Waals surface area (Å²) in [6.07, 6.45) is 0.884. The van der Waals surface area contributed by atoms with Crippen molar-refractivity contribution in [2.24, 2.45) is 0 Å². The van der Waals surface area contributed by atoms with Crippen molar-refractivity contribution in [2.75, 3.05) is 20.3 Å². The predicted molar refractivity (Wildman–Crippen MR) is 64.3 cm³/mol. The van der Waals surface area contributed by atoms with Crippen LogP contribution >= 0.6 is 11.6 Å². The predicted octanol–water partition coefficient (Wildman–Crippen LogP) is 2.53. The van der Waals surface area contributed by atoms with E-state index in [9.17, 15) is 0 Å². The van der Waals surface area contributed by atoms with E-state index in [1.807, 2.05) is 12.1 Å². The van der Waals surface area contributed by atoms with Gasteiger partial charge in [-0.15, -0.1) is 0 Å². The number of benzene rings is 1. The zero-order chi connectivity index (χ0) is 11.8. The summed E-state index contributed by atoms with van der Waals surface area (Å²) in [5.41, 5.74) is 0.896.